The van der Waals surface area contributed by atoms with Gasteiger partial charge in [-0.1, -0.05) is 57.0 Å². The van der Waals surface area contributed by atoms with Crippen molar-refractivity contribution in [3.63, 3.8) is 0 Å². The van der Waals surface area contributed by atoms with Crippen LogP contribution < -0.4 is 11.1 Å². The quantitative estimate of drug-likeness (QED) is 0.679. The van der Waals surface area contributed by atoms with Crippen molar-refractivity contribution >= 4 is 5.91 Å². The van der Waals surface area contributed by atoms with Crippen molar-refractivity contribution in [2.45, 2.75) is 52.0 Å². The fourth-order valence-corrected chi connectivity index (χ4v) is 2.57. The number of carbonyl (C=O) groups is 1. The van der Waals surface area contributed by atoms with Crippen LogP contribution in [0.15, 0.2) is 30.3 Å². The highest BCUT2D eigenvalue weighted by Gasteiger charge is 2.21. The first-order chi connectivity index (χ1) is 9.72. The van der Waals surface area contributed by atoms with Gasteiger partial charge in [-0.3, -0.25) is 4.79 Å². The van der Waals surface area contributed by atoms with Gasteiger partial charge in [0.25, 0.3) is 0 Å². The van der Waals surface area contributed by atoms with Gasteiger partial charge in [0.1, 0.15) is 0 Å². The van der Waals surface area contributed by atoms with Crippen molar-refractivity contribution in [2.24, 2.45) is 11.7 Å². The maximum absolute atomic E-state index is 12.1. The third-order valence-corrected chi connectivity index (χ3v) is 3.85. The van der Waals surface area contributed by atoms with Crippen molar-refractivity contribution in [3.8, 4) is 0 Å². The van der Waals surface area contributed by atoms with E-state index in [-0.39, 0.29) is 11.9 Å². The predicted molar refractivity (Wildman–Crippen MR) is 84.3 cm³/mol. The van der Waals surface area contributed by atoms with E-state index in [1.165, 1.54) is 5.56 Å². The van der Waals surface area contributed by atoms with E-state index in [0.717, 1.165) is 25.7 Å². The summed E-state index contributed by atoms with van der Waals surface area (Å²) in [6.45, 7) is 5.03. The van der Waals surface area contributed by atoms with Crippen LogP contribution in [0.1, 0.15) is 57.6 Å². The minimum absolute atomic E-state index is 0.122. The number of hydrogen-bond donors (Lipinski definition) is 2. The zero-order valence-corrected chi connectivity index (χ0v) is 12.8. The van der Waals surface area contributed by atoms with Gasteiger partial charge in [0.15, 0.2) is 0 Å². The van der Waals surface area contributed by atoms with Crippen LogP contribution >= 0.6 is 0 Å². The number of nitrogens with one attached hydrogen (secondary N) is 1. The van der Waals surface area contributed by atoms with E-state index in [2.05, 4.69) is 31.3 Å². The van der Waals surface area contributed by atoms with Gasteiger partial charge < -0.3 is 11.1 Å². The highest BCUT2D eigenvalue weighted by atomic mass is 16.1. The monoisotopic (exact) mass is 276 g/mol. The van der Waals surface area contributed by atoms with Gasteiger partial charge in [-0.2, -0.15) is 0 Å². The zero-order valence-electron chi connectivity index (χ0n) is 12.8. The van der Waals surface area contributed by atoms with Crippen LogP contribution in [0.4, 0.5) is 0 Å². The molecule has 1 rings (SSSR count). The number of rotatable bonds is 9. The summed E-state index contributed by atoms with van der Waals surface area (Å²) >= 11 is 0. The molecule has 1 atom stereocenters. The molecule has 0 aromatic heterocycles. The molecule has 1 aromatic rings. The molecule has 1 amide bonds. The summed E-state index contributed by atoms with van der Waals surface area (Å²) in [4.78, 5) is 12.1. The molecule has 0 saturated heterocycles. The van der Waals surface area contributed by atoms with Crippen LogP contribution in [0.3, 0.4) is 0 Å². The lowest BCUT2D eigenvalue weighted by molar-refractivity contribution is -0.122. The standard InChI is InChI=1S/C17H28N2O/c1-3-14(4-2)17(15-10-6-5-7-11-15)19-16(20)12-8-9-13-18/h5-7,10-11,14,17H,3-4,8-9,12-13,18H2,1-2H3,(H,19,20). The van der Waals surface area contributed by atoms with Gasteiger partial charge in [0.05, 0.1) is 6.04 Å². The lowest BCUT2D eigenvalue weighted by Crippen LogP contribution is -2.33. The molecule has 20 heavy (non-hydrogen) atoms. The maximum Gasteiger partial charge on any atom is 0.220 e. The number of carbonyl (C=O) groups excluding carboxylic acids is 1. The minimum atomic E-state index is 0.122. The summed E-state index contributed by atoms with van der Waals surface area (Å²) in [5, 5.41) is 3.21. The van der Waals surface area contributed by atoms with E-state index in [9.17, 15) is 4.79 Å². The van der Waals surface area contributed by atoms with Crippen molar-refractivity contribution < 1.29 is 4.79 Å². The lowest BCUT2D eigenvalue weighted by atomic mass is 9.88. The molecule has 0 fully saturated rings. The summed E-state index contributed by atoms with van der Waals surface area (Å²) in [6, 6.07) is 10.4. The van der Waals surface area contributed by atoms with E-state index in [1.54, 1.807) is 0 Å². The molecule has 3 heteroatoms. The smallest absolute Gasteiger partial charge is 0.220 e. The zero-order chi connectivity index (χ0) is 14.8. The average Bonchev–Trinajstić information content (AvgIpc) is 2.48. The number of hydrogen-bond acceptors (Lipinski definition) is 2. The Hall–Kier alpha value is -1.35. The molecule has 1 aromatic carbocycles. The molecule has 0 aliphatic heterocycles. The van der Waals surface area contributed by atoms with Gasteiger partial charge in [-0.05, 0) is 30.9 Å². The molecular weight excluding hydrogens is 248 g/mol. The molecular formula is C17H28N2O. The van der Waals surface area contributed by atoms with E-state index in [0.29, 0.717) is 18.9 Å². The normalized spacial score (nSPS) is 12.4. The Kier molecular flexibility index (Phi) is 7.97. The largest absolute Gasteiger partial charge is 0.349 e. The van der Waals surface area contributed by atoms with Crippen LogP contribution in [-0.4, -0.2) is 12.5 Å². The van der Waals surface area contributed by atoms with E-state index < -0.39 is 0 Å². The summed E-state index contributed by atoms with van der Waals surface area (Å²) in [5.41, 5.74) is 6.67. The molecule has 0 aliphatic rings. The minimum Gasteiger partial charge on any atom is -0.349 e. The Morgan fingerprint density at radius 1 is 1.15 bits per heavy atom. The molecule has 0 spiro atoms. The number of unbranched alkanes of at least 4 members (excludes halogenated alkanes) is 1. The Morgan fingerprint density at radius 3 is 2.35 bits per heavy atom. The van der Waals surface area contributed by atoms with Crippen LogP contribution in [-0.2, 0) is 4.79 Å². The summed E-state index contributed by atoms with van der Waals surface area (Å²) < 4.78 is 0. The molecule has 0 saturated carbocycles. The first-order valence-electron chi connectivity index (χ1n) is 7.77. The Labute approximate surface area is 122 Å². The predicted octanol–water partition coefficient (Wildman–Crippen LogP) is 3.41. The Morgan fingerprint density at radius 2 is 1.80 bits per heavy atom. The van der Waals surface area contributed by atoms with Crippen molar-refractivity contribution in [2.75, 3.05) is 6.54 Å². The summed E-state index contributed by atoms with van der Waals surface area (Å²) in [6.07, 6.45) is 4.49. The number of benzene rings is 1. The van der Waals surface area contributed by atoms with Crippen LogP contribution in [0.25, 0.3) is 0 Å². The average molecular weight is 276 g/mol. The van der Waals surface area contributed by atoms with E-state index >= 15 is 0 Å². The van der Waals surface area contributed by atoms with Crippen molar-refractivity contribution in [3.05, 3.63) is 35.9 Å². The van der Waals surface area contributed by atoms with Crippen molar-refractivity contribution in [1.82, 2.24) is 5.32 Å². The van der Waals surface area contributed by atoms with Crippen LogP contribution in [0, 0.1) is 5.92 Å². The lowest BCUT2D eigenvalue weighted by Gasteiger charge is -2.27. The third-order valence-electron chi connectivity index (χ3n) is 3.85. The molecule has 1 unspecified atom stereocenters. The van der Waals surface area contributed by atoms with Gasteiger partial charge in [-0.15, -0.1) is 0 Å². The van der Waals surface area contributed by atoms with Crippen LogP contribution in [0.5, 0.6) is 0 Å². The van der Waals surface area contributed by atoms with Crippen LogP contribution in [0.2, 0.25) is 0 Å². The second kappa shape index (κ2) is 9.54. The fraction of sp³-hybridized carbons (Fsp3) is 0.588. The highest BCUT2D eigenvalue weighted by molar-refractivity contribution is 5.76. The summed E-state index contributed by atoms with van der Waals surface area (Å²) in [7, 11) is 0. The molecule has 0 bridgehead atoms. The Balaban J connectivity index is 2.71. The van der Waals surface area contributed by atoms with Crippen molar-refractivity contribution in [1.29, 1.82) is 0 Å². The summed E-state index contributed by atoms with van der Waals surface area (Å²) in [5.74, 6) is 0.620. The Bertz CT molecular complexity index is 374. The van der Waals surface area contributed by atoms with Gasteiger partial charge in [-0.25, -0.2) is 0 Å². The second-order valence-electron chi connectivity index (χ2n) is 5.28. The van der Waals surface area contributed by atoms with Gasteiger partial charge in [0, 0.05) is 6.42 Å². The van der Waals surface area contributed by atoms with Gasteiger partial charge in [0.2, 0.25) is 5.91 Å². The molecule has 3 nitrogen and oxygen atoms in total. The first-order valence-corrected chi connectivity index (χ1v) is 7.77. The molecule has 112 valence electrons. The number of amides is 1. The first kappa shape index (κ1) is 16.7. The van der Waals surface area contributed by atoms with E-state index in [1.807, 2.05) is 18.2 Å². The maximum atomic E-state index is 12.1. The molecule has 3 N–H and O–H groups in total. The molecule has 0 radical (unpaired) electrons. The second-order valence-corrected chi connectivity index (χ2v) is 5.28. The molecule has 0 aliphatic carbocycles. The molecule has 0 heterocycles. The van der Waals surface area contributed by atoms with Gasteiger partial charge >= 0.3 is 0 Å². The SMILES string of the molecule is CCC(CC)C(NC(=O)CCCCN)c1ccccc1. The fourth-order valence-electron chi connectivity index (χ4n) is 2.57. The number of nitrogens with two attached hydrogens (primary N) is 1. The topological polar surface area (TPSA) is 55.1 Å². The van der Waals surface area contributed by atoms with E-state index in [4.69, 9.17) is 5.73 Å². The highest BCUT2D eigenvalue weighted by Crippen LogP contribution is 2.27. The third kappa shape index (κ3) is 5.33.